The Hall–Kier alpha value is -1.29. The summed E-state index contributed by atoms with van der Waals surface area (Å²) in [5, 5.41) is 9.46. The summed E-state index contributed by atoms with van der Waals surface area (Å²) in [5.74, 6) is 1.97. The third-order valence-electron chi connectivity index (χ3n) is 3.35. The molecule has 3 rings (SSSR count). The number of imidazole rings is 1. The summed E-state index contributed by atoms with van der Waals surface area (Å²) >= 11 is 3.32. The Labute approximate surface area is 108 Å². The summed E-state index contributed by atoms with van der Waals surface area (Å²) < 4.78 is 0.704. The van der Waals surface area contributed by atoms with Crippen LogP contribution in [0.4, 0.5) is 0 Å². The molecule has 0 spiro atoms. The maximum Gasteiger partial charge on any atom is 0.129 e. The van der Waals surface area contributed by atoms with Crippen molar-refractivity contribution in [1.82, 2.24) is 9.97 Å². The summed E-state index contributed by atoms with van der Waals surface area (Å²) in [6.07, 6.45) is 5.66. The van der Waals surface area contributed by atoms with Gasteiger partial charge < -0.3 is 10.1 Å². The van der Waals surface area contributed by atoms with Crippen LogP contribution in [0.5, 0.6) is 5.75 Å². The maximum absolute atomic E-state index is 9.46. The van der Waals surface area contributed by atoms with Gasteiger partial charge in [-0.05, 0) is 47.0 Å². The summed E-state index contributed by atoms with van der Waals surface area (Å²) in [6.45, 7) is 0. The van der Waals surface area contributed by atoms with Crippen LogP contribution in [-0.4, -0.2) is 15.1 Å². The number of phenolic OH excluding ortho intramolecular Hbond substituents is 1. The highest BCUT2D eigenvalue weighted by atomic mass is 79.9. The molecule has 0 saturated heterocycles. The molecule has 0 aliphatic heterocycles. The molecule has 1 saturated carbocycles. The highest BCUT2D eigenvalue weighted by Gasteiger charge is 2.22. The number of rotatable bonds is 2. The van der Waals surface area contributed by atoms with E-state index in [4.69, 9.17) is 0 Å². The van der Waals surface area contributed by atoms with E-state index in [2.05, 4.69) is 25.9 Å². The lowest BCUT2D eigenvalue weighted by atomic mass is 9.85. The molecule has 17 heavy (non-hydrogen) atoms. The van der Waals surface area contributed by atoms with Crippen molar-refractivity contribution in [1.29, 1.82) is 0 Å². The molecule has 88 valence electrons. The van der Waals surface area contributed by atoms with Crippen molar-refractivity contribution in [3.63, 3.8) is 0 Å². The zero-order valence-corrected chi connectivity index (χ0v) is 10.9. The smallest absolute Gasteiger partial charge is 0.129 e. The first-order valence-corrected chi connectivity index (χ1v) is 6.57. The lowest BCUT2D eigenvalue weighted by Gasteiger charge is -2.22. The molecule has 1 aliphatic carbocycles. The van der Waals surface area contributed by atoms with Crippen LogP contribution >= 0.6 is 15.9 Å². The van der Waals surface area contributed by atoms with E-state index in [1.807, 2.05) is 18.3 Å². The fourth-order valence-corrected chi connectivity index (χ4v) is 2.43. The van der Waals surface area contributed by atoms with Crippen molar-refractivity contribution in [2.75, 3.05) is 0 Å². The van der Waals surface area contributed by atoms with Crippen LogP contribution in [0, 0.1) is 0 Å². The maximum atomic E-state index is 9.46. The van der Waals surface area contributed by atoms with Gasteiger partial charge in [0.2, 0.25) is 0 Å². The Morgan fingerprint density at radius 2 is 2.18 bits per heavy atom. The van der Waals surface area contributed by atoms with Crippen LogP contribution in [0.3, 0.4) is 0 Å². The second kappa shape index (κ2) is 4.18. The number of aromatic hydroxyl groups is 1. The van der Waals surface area contributed by atoms with Gasteiger partial charge in [0.15, 0.2) is 0 Å². The Balaban J connectivity index is 1.92. The van der Waals surface area contributed by atoms with Gasteiger partial charge in [-0.2, -0.15) is 0 Å². The Bertz CT molecular complexity index is 546. The van der Waals surface area contributed by atoms with E-state index in [0.29, 0.717) is 10.4 Å². The van der Waals surface area contributed by atoms with Crippen molar-refractivity contribution in [2.45, 2.75) is 25.2 Å². The molecule has 3 nitrogen and oxygen atoms in total. The van der Waals surface area contributed by atoms with E-state index in [-0.39, 0.29) is 5.75 Å². The van der Waals surface area contributed by atoms with Gasteiger partial charge in [-0.15, -0.1) is 0 Å². The molecule has 0 atom stereocenters. The normalized spacial score (nSPS) is 15.8. The summed E-state index contributed by atoms with van der Waals surface area (Å²) in [7, 11) is 0. The summed E-state index contributed by atoms with van der Waals surface area (Å²) in [6, 6.07) is 5.47. The number of halogens is 1. The first-order valence-electron chi connectivity index (χ1n) is 5.78. The quantitative estimate of drug-likeness (QED) is 0.884. The number of benzene rings is 1. The molecule has 1 aromatic heterocycles. The topological polar surface area (TPSA) is 48.9 Å². The molecule has 0 unspecified atom stereocenters. The summed E-state index contributed by atoms with van der Waals surface area (Å²) in [5.41, 5.74) is 2.04. The van der Waals surface area contributed by atoms with Gasteiger partial charge in [0.25, 0.3) is 0 Å². The molecule has 0 radical (unpaired) electrons. The SMILES string of the molecule is Oc1ccc(-c2cnc(C3CCC3)[nH]2)cc1Br. The van der Waals surface area contributed by atoms with E-state index in [1.165, 1.54) is 19.3 Å². The molecule has 2 aromatic rings. The average Bonchev–Trinajstić information content (AvgIpc) is 2.69. The molecular formula is C13H13BrN2O. The van der Waals surface area contributed by atoms with Gasteiger partial charge in [-0.25, -0.2) is 4.98 Å². The zero-order chi connectivity index (χ0) is 11.8. The number of phenols is 1. The van der Waals surface area contributed by atoms with Crippen molar-refractivity contribution in [2.24, 2.45) is 0 Å². The van der Waals surface area contributed by atoms with Gasteiger partial charge in [0, 0.05) is 11.5 Å². The van der Waals surface area contributed by atoms with Crippen LogP contribution in [0.1, 0.15) is 31.0 Å². The predicted octanol–water partition coefficient (Wildman–Crippen LogP) is 3.81. The van der Waals surface area contributed by atoms with Gasteiger partial charge in [0.1, 0.15) is 11.6 Å². The first-order chi connectivity index (χ1) is 8.24. The van der Waals surface area contributed by atoms with Crippen LogP contribution in [-0.2, 0) is 0 Å². The second-order valence-corrected chi connectivity index (χ2v) is 5.33. The Morgan fingerprint density at radius 3 is 2.82 bits per heavy atom. The lowest BCUT2D eigenvalue weighted by molar-refractivity contribution is 0.404. The highest BCUT2D eigenvalue weighted by molar-refractivity contribution is 9.10. The second-order valence-electron chi connectivity index (χ2n) is 4.48. The van der Waals surface area contributed by atoms with Crippen molar-refractivity contribution in [3.05, 3.63) is 34.7 Å². The van der Waals surface area contributed by atoms with Gasteiger partial charge in [0.05, 0.1) is 16.4 Å². The number of aromatic amines is 1. The van der Waals surface area contributed by atoms with Crippen molar-refractivity contribution >= 4 is 15.9 Å². The van der Waals surface area contributed by atoms with Crippen molar-refractivity contribution < 1.29 is 5.11 Å². The number of H-pyrrole nitrogens is 1. The number of nitrogens with zero attached hydrogens (tertiary/aromatic N) is 1. The number of nitrogens with one attached hydrogen (secondary N) is 1. The molecule has 0 bridgehead atoms. The molecule has 4 heteroatoms. The van der Waals surface area contributed by atoms with Crippen molar-refractivity contribution in [3.8, 4) is 17.0 Å². The van der Waals surface area contributed by atoms with Gasteiger partial charge in [-0.1, -0.05) is 6.42 Å². The number of hydrogen-bond donors (Lipinski definition) is 2. The third kappa shape index (κ3) is 1.97. The van der Waals surface area contributed by atoms with E-state index < -0.39 is 0 Å². The summed E-state index contributed by atoms with van der Waals surface area (Å²) in [4.78, 5) is 7.80. The lowest BCUT2D eigenvalue weighted by Crippen LogP contribution is -2.10. The van der Waals surface area contributed by atoms with Crippen LogP contribution in [0.25, 0.3) is 11.3 Å². The first kappa shape index (κ1) is 10.8. The van der Waals surface area contributed by atoms with E-state index in [0.717, 1.165) is 17.1 Å². The van der Waals surface area contributed by atoms with E-state index in [1.54, 1.807) is 6.07 Å². The number of aromatic nitrogens is 2. The molecule has 1 fully saturated rings. The van der Waals surface area contributed by atoms with Crippen LogP contribution < -0.4 is 0 Å². The minimum atomic E-state index is 0.257. The third-order valence-corrected chi connectivity index (χ3v) is 3.98. The monoisotopic (exact) mass is 292 g/mol. The predicted molar refractivity (Wildman–Crippen MR) is 70.0 cm³/mol. The molecule has 1 heterocycles. The molecule has 2 N–H and O–H groups in total. The molecule has 1 aromatic carbocycles. The Kier molecular flexibility index (Phi) is 2.67. The largest absolute Gasteiger partial charge is 0.507 e. The fourth-order valence-electron chi connectivity index (χ4n) is 2.05. The molecular weight excluding hydrogens is 280 g/mol. The molecule has 0 amide bonds. The van der Waals surface area contributed by atoms with Crippen LogP contribution in [0.2, 0.25) is 0 Å². The fraction of sp³-hybridized carbons (Fsp3) is 0.308. The zero-order valence-electron chi connectivity index (χ0n) is 9.28. The van der Waals surface area contributed by atoms with Gasteiger partial charge >= 0.3 is 0 Å². The van der Waals surface area contributed by atoms with E-state index >= 15 is 0 Å². The minimum Gasteiger partial charge on any atom is -0.507 e. The molecule has 1 aliphatic rings. The standard InChI is InChI=1S/C13H13BrN2O/c14-10-6-9(4-5-12(10)17)11-7-15-13(16-11)8-2-1-3-8/h4-8,17H,1-3H2,(H,15,16). The minimum absolute atomic E-state index is 0.257. The highest BCUT2D eigenvalue weighted by Crippen LogP contribution is 2.36. The number of hydrogen-bond acceptors (Lipinski definition) is 2. The van der Waals surface area contributed by atoms with E-state index in [9.17, 15) is 5.11 Å². The van der Waals surface area contributed by atoms with Gasteiger partial charge in [-0.3, -0.25) is 0 Å². The average molecular weight is 293 g/mol. The van der Waals surface area contributed by atoms with Crippen LogP contribution in [0.15, 0.2) is 28.9 Å². The Morgan fingerprint density at radius 1 is 1.35 bits per heavy atom.